The molecule has 2 aromatic rings. The molecule has 6 nitrogen and oxygen atoms in total. The summed E-state index contributed by atoms with van der Waals surface area (Å²) in [6.07, 6.45) is 1.10. The van der Waals surface area contributed by atoms with Gasteiger partial charge in [-0.2, -0.15) is 16.3 Å². The highest BCUT2D eigenvalue weighted by Crippen LogP contribution is 2.22. The topological polar surface area (TPSA) is 78.5 Å². The lowest BCUT2D eigenvalue weighted by Gasteiger charge is -2.21. The molecule has 1 saturated heterocycles. The summed E-state index contributed by atoms with van der Waals surface area (Å²) in [4.78, 5) is 36.8. The van der Waals surface area contributed by atoms with Gasteiger partial charge in [-0.1, -0.05) is 30.3 Å². The molecular weight excluding hydrogens is 326 g/mol. The van der Waals surface area contributed by atoms with E-state index in [0.717, 1.165) is 10.6 Å². The number of thiophene rings is 1. The lowest BCUT2D eigenvalue weighted by Crippen LogP contribution is -2.48. The molecule has 1 aliphatic rings. The first-order valence-electron chi connectivity index (χ1n) is 7.53. The zero-order valence-corrected chi connectivity index (χ0v) is 13.9. The number of amides is 4. The summed E-state index contributed by atoms with van der Waals surface area (Å²) < 4.78 is 0. The standard InChI is InChI=1S/C17H17N3O3S/c1-17(9-7-12-5-3-2-4-6-12)15(22)20(16(23)18-17)19-14(21)13-8-10-24-11-13/h2-6,8,10-11H,7,9H2,1H3,(H,18,23)(H,19,21). The summed E-state index contributed by atoms with van der Waals surface area (Å²) in [6, 6.07) is 10.8. The Kier molecular flexibility index (Phi) is 4.35. The molecule has 0 spiro atoms. The van der Waals surface area contributed by atoms with Crippen LogP contribution in [0, 0.1) is 0 Å². The van der Waals surface area contributed by atoms with Crippen LogP contribution in [0.2, 0.25) is 0 Å². The number of benzene rings is 1. The van der Waals surface area contributed by atoms with Crippen LogP contribution in [-0.2, 0) is 11.2 Å². The Balaban J connectivity index is 1.67. The highest BCUT2D eigenvalue weighted by Gasteiger charge is 2.48. The van der Waals surface area contributed by atoms with Gasteiger partial charge in [-0.15, -0.1) is 0 Å². The highest BCUT2D eigenvalue weighted by atomic mass is 32.1. The van der Waals surface area contributed by atoms with Crippen molar-refractivity contribution in [2.75, 3.05) is 0 Å². The molecule has 0 aliphatic carbocycles. The molecule has 1 atom stereocenters. The largest absolute Gasteiger partial charge is 0.344 e. The van der Waals surface area contributed by atoms with Crippen LogP contribution in [0.3, 0.4) is 0 Å². The molecule has 2 heterocycles. The number of rotatable bonds is 5. The van der Waals surface area contributed by atoms with Gasteiger partial charge in [-0.3, -0.25) is 15.0 Å². The summed E-state index contributed by atoms with van der Waals surface area (Å²) in [5.41, 5.74) is 2.84. The number of carbonyl (C=O) groups excluding carboxylic acids is 3. The molecule has 1 fully saturated rings. The number of imide groups is 1. The van der Waals surface area contributed by atoms with Crippen LogP contribution in [-0.4, -0.2) is 28.4 Å². The van der Waals surface area contributed by atoms with Crippen molar-refractivity contribution >= 4 is 29.2 Å². The number of hydrazine groups is 1. The average molecular weight is 343 g/mol. The van der Waals surface area contributed by atoms with Gasteiger partial charge in [-0.25, -0.2) is 4.79 Å². The van der Waals surface area contributed by atoms with E-state index in [1.807, 2.05) is 30.3 Å². The van der Waals surface area contributed by atoms with E-state index in [2.05, 4.69) is 10.7 Å². The van der Waals surface area contributed by atoms with Crippen LogP contribution in [0.5, 0.6) is 0 Å². The summed E-state index contributed by atoms with van der Waals surface area (Å²) in [5, 5.41) is 6.86. The normalized spacial score (nSPS) is 20.1. The zero-order chi connectivity index (χ0) is 17.2. The maximum absolute atomic E-state index is 12.6. The van der Waals surface area contributed by atoms with Gasteiger partial charge in [0, 0.05) is 5.38 Å². The number of hydrogen-bond acceptors (Lipinski definition) is 4. The number of nitrogens with one attached hydrogen (secondary N) is 2. The van der Waals surface area contributed by atoms with Gasteiger partial charge >= 0.3 is 6.03 Å². The first-order chi connectivity index (χ1) is 11.5. The number of urea groups is 1. The average Bonchev–Trinajstić information content (AvgIpc) is 3.18. The van der Waals surface area contributed by atoms with Crippen LogP contribution >= 0.6 is 11.3 Å². The SMILES string of the molecule is CC1(CCc2ccccc2)NC(=O)N(NC(=O)c2ccsc2)C1=O. The van der Waals surface area contributed by atoms with Crippen molar-refractivity contribution in [3.63, 3.8) is 0 Å². The predicted molar refractivity (Wildman–Crippen MR) is 90.3 cm³/mol. The molecule has 1 unspecified atom stereocenters. The van der Waals surface area contributed by atoms with Crippen LogP contribution in [0.25, 0.3) is 0 Å². The molecule has 1 aromatic carbocycles. The van der Waals surface area contributed by atoms with Gasteiger partial charge in [0.1, 0.15) is 5.54 Å². The van der Waals surface area contributed by atoms with Gasteiger partial charge in [0.25, 0.3) is 11.8 Å². The Labute approximate surface area is 143 Å². The fourth-order valence-electron chi connectivity index (χ4n) is 2.55. The minimum absolute atomic E-state index is 0.415. The lowest BCUT2D eigenvalue weighted by molar-refractivity contribution is -0.132. The Morgan fingerprint density at radius 2 is 2.00 bits per heavy atom. The second-order valence-corrected chi connectivity index (χ2v) is 6.62. The third kappa shape index (κ3) is 3.16. The van der Waals surface area contributed by atoms with Gasteiger partial charge < -0.3 is 5.32 Å². The first-order valence-corrected chi connectivity index (χ1v) is 8.48. The zero-order valence-electron chi connectivity index (χ0n) is 13.1. The summed E-state index contributed by atoms with van der Waals surface area (Å²) in [5.74, 6) is -0.931. The molecule has 0 saturated carbocycles. The fraction of sp³-hybridized carbons (Fsp3) is 0.235. The third-order valence-electron chi connectivity index (χ3n) is 4.01. The molecule has 124 valence electrons. The summed E-state index contributed by atoms with van der Waals surface area (Å²) in [6.45, 7) is 1.67. The van der Waals surface area contributed by atoms with Crippen LogP contribution in [0.4, 0.5) is 4.79 Å². The van der Waals surface area contributed by atoms with E-state index in [4.69, 9.17) is 0 Å². The van der Waals surface area contributed by atoms with Crippen molar-refractivity contribution in [2.45, 2.75) is 25.3 Å². The number of carbonyl (C=O) groups is 3. The second kappa shape index (κ2) is 6.45. The van der Waals surface area contributed by atoms with Crippen molar-refractivity contribution in [1.82, 2.24) is 15.8 Å². The van der Waals surface area contributed by atoms with Gasteiger partial charge in [0.15, 0.2) is 0 Å². The minimum atomic E-state index is -1.03. The van der Waals surface area contributed by atoms with Crippen molar-refractivity contribution in [3.05, 3.63) is 58.3 Å². The molecule has 7 heteroatoms. The lowest BCUT2D eigenvalue weighted by atomic mass is 9.93. The van der Waals surface area contributed by atoms with E-state index in [0.29, 0.717) is 18.4 Å². The van der Waals surface area contributed by atoms with E-state index in [1.165, 1.54) is 11.3 Å². The van der Waals surface area contributed by atoms with Crippen LogP contribution in [0.1, 0.15) is 29.3 Å². The van der Waals surface area contributed by atoms with Crippen molar-refractivity contribution < 1.29 is 14.4 Å². The monoisotopic (exact) mass is 343 g/mol. The number of nitrogens with zero attached hydrogens (tertiary/aromatic N) is 1. The van der Waals surface area contributed by atoms with E-state index < -0.39 is 23.4 Å². The Bertz CT molecular complexity index is 761. The minimum Gasteiger partial charge on any atom is -0.322 e. The molecular formula is C17H17N3O3S. The van der Waals surface area contributed by atoms with Gasteiger partial charge in [0.2, 0.25) is 0 Å². The van der Waals surface area contributed by atoms with Crippen molar-refractivity contribution in [2.24, 2.45) is 0 Å². The third-order valence-corrected chi connectivity index (χ3v) is 4.70. The smallest absolute Gasteiger partial charge is 0.322 e. The van der Waals surface area contributed by atoms with E-state index in [-0.39, 0.29) is 0 Å². The van der Waals surface area contributed by atoms with E-state index in [9.17, 15) is 14.4 Å². The Morgan fingerprint density at radius 1 is 1.25 bits per heavy atom. The number of hydrogen-bond donors (Lipinski definition) is 2. The first kappa shape index (κ1) is 16.2. The van der Waals surface area contributed by atoms with Crippen molar-refractivity contribution in [3.8, 4) is 0 Å². The number of aryl methyl sites for hydroxylation is 1. The van der Waals surface area contributed by atoms with Crippen molar-refractivity contribution in [1.29, 1.82) is 0 Å². The Hall–Kier alpha value is -2.67. The molecule has 4 amide bonds. The van der Waals surface area contributed by atoms with Crippen LogP contribution < -0.4 is 10.7 Å². The van der Waals surface area contributed by atoms with E-state index in [1.54, 1.807) is 23.8 Å². The molecule has 24 heavy (non-hydrogen) atoms. The second-order valence-electron chi connectivity index (χ2n) is 5.84. The van der Waals surface area contributed by atoms with Crippen LogP contribution in [0.15, 0.2) is 47.2 Å². The maximum Gasteiger partial charge on any atom is 0.344 e. The maximum atomic E-state index is 12.6. The molecule has 1 aromatic heterocycles. The Morgan fingerprint density at radius 3 is 2.67 bits per heavy atom. The summed E-state index contributed by atoms with van der Waals surface area (Å²) >= 11 is 1.37. The van der Waals surface area contributed by atoms with E-state index >= 15 is 0 Å². The highest BCUT2D eigenvalue weighted by molar-refractivity contribution is 7.08. The van der Waals surface area contributed by atoms with Gasteiger partial charge in [-0.05, 0) is 36.8 Å². The molecule has 2 N–H and O–H groups in total. The predicted octanol–water partition coefficient (Wildman–Crippen LogP) is 2.34. The quantitative estimate of drug-likeness (QED) is 0.818. The summed E-state index contributed by atoms with van der Waals surface area (Å²) in [7, 11) is 0. The molecule has 0 bridgehead atoms. The molecule has 0 radical (unpaired) electrons. The molecule has 3 rings (SSSR count). The fourth-order valence-corrected chi connectivity index (χ4v) is 3.19. The molecule has 1 aliphatic heterocycles. The van der Waals surface area contributed by atoms with Gasteiger partial charge in [0.05, 0.1) is 5.56 Å².